The van der Waals surface area contributed by atoms with Gasteiger partial charge in [-0.3, -0.25) is 9.89 Å². The first-order valence-corrected chi connectivity index (χ1v) is 10.2. The van der Waals surface area contributed by atoms with Gasteiger partial charge < -0.3 is 5.32 Å². The molecule has 3 rings (SSSR count). The largest absolute Gasteiger partial charge is 0.471 e. The van der Waals surface area contributed by atoms with Gasteiger partial charge in [-0.05, 0) is 12.5 Å². The van der Waals surface area contributed by atoms with Crippen LogP contribution in [0.25, 0.3) is 16.9 Å². The molecule has 0 aliphatic heterocycles. The summed E-state index contributed by atoms with van der Waals surface area (Å²) in [6, 6.07) is 7.59. The molecular weight excluding hydrogens is 399 g/mol. The van der Waals surface area contributed by atoms with Crippen LogP contribution in [0.1, 0.15) is 12.2 Å². The fourth-order valence-corrected chi connectivity index (χ4v) is 3.24. The minimum absolute atomic E-state index is 0.0114. The third kappa shape index (κ3) is 4.68. The van der Waals surface area contributed by atoms with E-state index in [4.69, 9.17) is 0 Å². The maximum Gasteiger partial charge on any atom is 0.471 e. The highest BCUT2D eigenvalue weighted by molar-refractivity contribution is 7.90. The molecular formula is C16H16F3N5O3S. The van der Waals surface area contributed by atoms with Crippen LogP contribution in [0.4, 0.5) is 18.9 Å². The van der Waals surface area contributed by atoms with Gasteiger partial charge in [0.1, 0.15) is 9.84 Å². The average molecular weight is 415 g/mol. The zero-order chi connectivity index (χ0) is 20.5. The van der Waals surface area contributed by atoms with Crippen LogP contribution < -0.4 is 5.32 Å². The van der Waals surface area contributed by atoms with Gasteiger partial charge in [0, 0.05) is 24.3 Å². The second-order valence-electron chi connectivity index (χ2n) is 6.20. The number of carbonyl (C=O) groups excluding carboxylic acids is 1. The van der Waals surface area contributed by atoms with E-state index in [1.54, 1.807) is 18.2 Å². The van der Waals surface area contributed by atoms with Gasteiger partial charge in [-0.15, -0.1) is 5.10 Å². The Kier molecular flexibility index (Phi) is 5.15. The van der Waals surface area contributed by atoms with E-state index in [0.717, 1.165) is 6.26 Å². The van der Waals surface area contributed by atoms with Crippen molar-refractivity contribution in [3.63, 3.8) is 0 Å². The Morgan fingerprint density at radius 3 is 2.64 bits per heavy atom. The number of halogens is 3. The standard InChI is InChI=1S/C16H16F3N5O3S/c1-28(26,27)8-4-7-13-21-14-9-12(22-24(14)23-13)10-5-2-3-6-11(10)20-15(25)16(17,18)19/h2-3,5-6,9,22H,4,7-8H2,1H3,(H,20,25). The molecule has 1 aromatic carbocycles. The molecule has 3 aromatic rings. The molecule has 0 atom stereocenters. The molecule has 12 heteroatoms. The van der Waals surface area contributed by atoms with Gasteiger partial charge in [0.05, 0.1) is 17.1 Å². The fraction of sp³-hybridized carbons (Fsp3) is 0.312. The van der Waals surface area contributed by atoms with Gasteiger partial charge >= 0.3 is 12.1 Å². The number of H-pyrrole nitrogens is 1. The number of aromatic amines is 1. The van der Waals surface area contributed by atoms with Crippen molar-refractivity contribution in [3.8, 4) is 11.3 Å². The molecule has 0 bridgehead atoms. The maximum atomic E-state index is 12.5. The SMILES string of the molecule is CS(=O)(=O)CCCc1nc2cc(-c3ccccc3NC(=O)C(F)(F)F)[nH]n2n1. The molecule has 0 unspecified atom stereocenters. The van der Waals surface area contributed by atoms with Crippen LogP contribution in [0.2, 0.25) is 0 Å². The van der Waals surface area contributed by atoms with Crippen molar-refractivity contribution < 1.29 is 26.4 Å². The summed E-state index contributed by atoms with van der Waals surface area (Å²) in [6.45, 7) is 0. The van der Waals surface area contributed by atoms with Crippen LogP contribution in [-0.2, 0) is 21.1 Å². The summed E-state index contributed by atoms with van der Waals surface area (Å²) in [5.41, 5.74) is 1.16. The molecule has 2 N–H and O–H groups in total. The highest BCUT2D eigenvalue weighted by atomic mass is 32.2. The Labute approximate surface area is 157 Å². The molecule has 0 saturated carbocycles. The third-order valence-electron chi connectivity index (χ3n) is 3.81. The number of nitrogens with one attached hydrogen (secondary N) is 2. The summed E-state index contributed by atoms with van der Waals surface area (Å²) in [6.07, 6.45) is -3.10. The lowest BCUT2D eigenvalue weighted by Crippen LogP contribution is -2.30. The number of carbonyl (C=O) groups is 1. The monoisotopic (exact) mass is 415 g/mol. The lowest BCUT2D eigenvalue weighted by molar-refractivity contribution is -0.167. The zero-order valence-corrected chi connectivity index (χ0v) is 15.4. The number of benzene rings is 1. The highest BCUT2D eigenvalue weighted by Gasteiger charge is 2.39. The highest BCUT2D eigenvalue weighted by Crippen LogP contribution is 2.29. The number of hydrogen-bond donors (Lipinski definition) is 2. The summed E-state index contributed by atoms with van der Waals surface area (Å²) in [4.78, 5) is 15.5. The number of anilines is 1. The van der Waals surface area contributed by atoms with Crippen molar-refractivity contribution in [2.75, 3.05) is 17.3 Å². The van der Waals surface area contributed by atoms with Crippen molar-refractivity contribution in [3.05, 3.63) is 36.2 Å². The zero-order valence-electron chi connectivity index (χ0n) is 14.6. The van der Waals surface area contributed by atoms with Crippen molar-refractivity contribution in [2.24, 2.45) is 0 Å². The summed E-state index contributed by atoms with van der Waals surface area (Å²) < 4.78 is 61.2. The Morgan fingerprint density at radius 1 is 1.29 bits per heavy atom. The molecule has 0 fully saturated rings. The third-order valence-corrected chi connectivity index (χ3v) is 4.84. The van der Waals surface area contributed by atoms with Crippen molar-refractivity contribution in [2.45, 2.75) is 19.0 Å². The molecule has 2 aromatic heterocycles. The number of rotatable bonds is 6. The second kappa shape index (κ2) is 7.26. The molecule has 2 heterocycles. The first-order valence-electron chi connectivity index (χ1n) is 8.13. The fourth-order valence-electron chi connectivity index (χ4n) is 2.58. The Bertz CT molecular complexity index is 1090. The van der Waals surface area contributed by atoms with Gasteiger partial charge in [-0.25, -0.2) is 13.4 Å². The number of nitrogens with zero attached hydrogens (tertiary/aromatic N) is 3. The molecule has 0 aliphatic rings. The lowest BCUT2D eigenvalue weighted by Gasteiger charge is -2.11. The Hall–Kier alpha value is -2.89. The first-order chi connectivity index (χ1) is 13.0. The minimum Gasteiger partial charge on any atom is -0.318 e. The van der Waals surface area contributed by atoms with Gasteiger partial charge in [-0.1, -0.05) is 18.2 Å². The van der Waals surface area contributed by atoms with Crippen LogP contribution in [0.3, 0.4) is 0 Å². The van der Waals surface area contributed by atoms with Gasteiger partial charge in [0.15, 0.2) is 11.5 Å². The normalized spacial score (nSPS) is 12.4. The molecule has 0 saturated heterocycles. The number of amides is 1. The van der Waals surface area contributed by atoms with Crippen molar-refractivity contribution >= 4 is 27.1 Å². The van der Waals surface area contributed by atoms with E-state index in [0.29, 0.717) is 35.6 Å². The van der Waals surface area contributed by atoms with Crippen molar-refractivity contribution in [1.82, 2.24) is 19.8 Å². The van der Waals surface area contributed by atoms with Gasteiger partial charge in [-0.2, -0.15) is 17.8 Å². The predicted molar refractivity (Wildman–Crippen MR) is 95.5 cm³/mol. The van der Waals surface area contributed by atoms with Crippen molar-refractivity contribution in [1.29, 1.82) is 0 Å². The summed E-state index contributed by atoms with van der Waals surface area (Å²) in [7, 11) is -3.06. The predicted octanol–water partition coefficient (Wildman–Crippen LogP) is 2.20. The topological polar surface area (TPSA) is 109 Å². The summed E-state index contributed by atoms with van der Waals surface area (Å²) in [5, 5.41) is 8.93. The number of alkyl halides is 3. The molecule has 1 amide bonds. The minimum atomic E-state index is -5.00. The number of aryl methyl sites for hydroxylation is 1. The molecule has 150 valence electrons. The average Bonchev–Trinajstić information content (AvgIpc) is 3.11. The number of fused-ring (bicyclic) bond motifs is 1. The van der Waals surface area contributed by atoms with Crippen LogP contribution >= 0.6 is 0 Å². The van der Waals surface area contributed by atoms with E-state index in [2.05, 4.69) is 15.2 Å². The molecule has 0 aliphatic carbocycles. The number of sulfone groups is 1. The lowest BCUT2D eigenvalue weighted by atomic mass is 10.1. The first kappa shape index (κ1) is 19.9. The Morgan fingerprint density at radius 2 is 2.00 bits per heavy atom. The van der Waals surface area contributed by atoms with E-state index in [1.807, 2.05) is 5.32 Å². The Balaban J connectivity index is 1.81. The quantitative estimate of drug-likeness (QED) is 0.642. The molecule has 28 heavy (non-hydrogen) atoms. The number of aromatic nitrogens is 4. The van der Waals surface area contributed by atoms with Crippen LogP contribution in [0, 0.1) is 0 Å². The van der Waals surface area contributed by atoms with E-state index < -0.39 is 21.9 Å². The summed E-state index contributed by atoms with van der Waals surface area (Å²) >= 11 is 0. The van der Waals surface area contributed by atoms with Crippen LogP contribution in [0.15, 0.2) is 30.3 Å². The molecule has 8 nitrogen and oxygen atoms in total. The van der Waals surface area contributed by atoms with Gasteiger partial charge in [0.2, 0.25) is 0 Å². The van der Waals surface area contributed by atoms with Crippen LogP contribution in [-0.4, -0.2) is 52.3 Å². The number of hydrogen-bond acceptors (Lipinski definition) is 5. The van der Waals surface area contributed by atoms with E-state index in [1.165, 1.54) is 16.8 Å². The molecule has 0 spiro atoms. The molecule has 0 radical (unpaired) electrons. The van der Waals surface area contributed by atoms with E-state index >= 15 is 0 Å². The maximum absolute atomic E-state index is 12.5. The van der Waals surface area contributed by atoms with E-state index in [-0.39, 0.29) is 11.4 Å². The second-order valence-corrected chi connectivity index (χ2v) is 8.46. The van der Waals surface area contributed by atoms with Gasteiger partial charge in [0.25, 0.3) is 0 Å². The smallest absolute Gasteiger partial charge is 0.318 e. The van der Waals surface area contributed by atoms with E-state index in [9.17, 15) is 26.4 Å². The summed E-state index contributed by atoms with van der Waals surface area (Å²) in [5.74, 6) is -1.60. The van der Waals surface area contributed by atoms with Crippen LogP contribution in [0.5, 0.6) is 0 Å². The number of para-hydroxylation sites is 1.